The predicted octanol–water partition coefficient (Wildman–Crippen LogP) is 3.37. The molecule has 0 bridgehead atoms. The summed E-state index contributed by atoms with van der Waals surface area (Å²) in [5, 5.41) is 0. The Morgan fingerprint density at radius 1 is 1.41 bits per heavy atom. The van der Waals surface area contributed by atoms with E-state index < -0.39 is 0 Å². The highest BCUT2D eigenvalue weighted by Crippen LogP contribution is 2.30. The Balaban J connectivity index is 2.40. The van der Waals surface area contributed by atoms with Crippen molar-refractivity contribution in [2.45, 2.75) is 11.8 Å². The summed E-state index contributed by atoms with van der Waals surface area (Å²) in [4.78, 5) is 5.06. The van der Waals surface area contributed by atoms with Gasteiger partial charge in [0.1, 0.15) is 5.75 Å². The fraction of sp³-hybridized carbons (Fsp3) is 0.182. The van der Waals surface area contributed by atoms with Crippen molar-refractivity contribution >= 4 is 23.9 Å². The van der Waals surface area contributed by atoms with Crippen molar-refractivity contribution in [1.82, 2.24) is 9.55 Å². The zero-order valence-corrected chi connectivity index (χ0v) is 11.0. The molecule has 0 saturated carbocycles. The van der Waals surface area contributed by atoms with Gasteiger partial charge in [-0.15, -0.1) is 0 Å². The molecule has 1 heterocycles. The first kappa shape index (κ1) is 12.3. The van der Waals surface area contributed by atoms with E-state index in [0.29, 0.717) is 0 Å². The average Bonchev–Trinajstić information content (AvgIpc) is 2.76. The highest BCUT2D eigenvalue weighted by molar-refractivity contribution is 7.95. The second kappa shape index (κ2) is 5.44. The molecule has 4 nitrogen and oxygen atoms in total. The normalized spacial score (nSPS) is 10.5. The van der Waals surface area contributed by atoms with Crippen LogP contribution in [-0.4, -0.2) is 16.7 Å². The minimum atomic E-state index is 0.737. The number of nitrogens with zero attached hydrogens (tertiary/aromatic N) is 2. The van der Waals surface area contributed by atoms with Gasteiger partial charge in [0.2, 0.25) is 0 Å². The van der Waals surface area contributed by atoms with Crippen LogP contribution in [0, 0.1) is 6.92 Å². The van der Waals surface area contributed by atoms with Crippen molar-refractivity contribution < 1.29 is 8.47 Å². The molecule has 6 heteroatoms. The minimum Gasteiger partial charge on any atom is -0.495 e. The first-order valence-electron chi connectivity index (χ1n) is 4.89. The highest BCUT2D eigenvalue weighted by atomic mass is 35.5. The average molecular weight is 271 g/mol. The number of benzene rings is 1. The maximum atomic E-state index is 5.34. The molecule has 0 fully saturated rings. The van der Waals surface area contributed by atoms with Gasteiger partial charge < -0.3 is 9.30 Å². The summed E-state index contributed by atoms with van der Waals surface area (Å²) >= 11 is 6.27. The molecule has 2 aromatic rings. The third-order valence-corrected chi connectivity index (χ3v) is 2.97. The van der Waals surface area contributed by atoms with E-state index >= 15 is 0 Å². The van der Waals surface area contributed by atoms with Gasteiger partial charge in [0.15, 0.2) is 0 Å². The number of ether oxygens (including phenoxy) is 1. The summed E-state index contributed by atoms with van der Waals surface area (Å²) in [6, 6.07) is 5.69. The Morgan fingerprint density at radius 3 is 2.82 bits per heavy atom. The van der Waals surface area contributed by atoms with Crippen LogP contribution in [0.2, 0.25) is 0 Å². The lowest BCUT2D eigenvalue weighted by Crippen LogP contribution is -1.95. The number of rotatable bonds is 4. The first-order chi connectivity index (χ1) is 8.24. The SMILES string of the molecule is COc1cc(SOCl)ccc1-n1cnc(C)c1. The topological polar surface area (TPSA) is 36.3 Å². The van der Waals surface area contributed by atoms with E-state index in [1.165, 1.54) is 0 Å². The first-order valence-corrected chi connectivity index (χ1v) is 5.94. The number of hydrogen-bond acceptors (Lipinski definition) is 4. The van der Waals surface area contributed by atoms with Gasteiger partial charge in [-0.05, 0) is 25.1 Å². The maximum absolute atomic E-state index is 5.34. The summed E-state index contributed by atoms with van der Waals surface area (Å²) in [7, 11) is 1.62. The molecule has 90 valence electrons. The third kappa shape index (κ3) is 2.74. The number of aromatic nitrogens is 2. The Morgan fingerprint density at radius 2 is 2.24 bits per heavy atom. The minimum absolute atomic E-state index is 0.737. The molecule has 0 aliphatic heterocycles. The fourth-order valence-electron chi connectivity index (χ4n) is 1.51. The maximum Gasteiger partial charge on any atom is 0.144 e. The molecule has 0 saturated heterocycles. The largest absolute Gasteiger partial charge is 0.495 e. The predicted molar refractivity (Wildman–Crippen MR) is 67.6 cm³/mol. The molecule has 0 aliphatic carbocycles. The van der Waals surface area contributed by atoms with Crippen molar-refractivity contribution in [1.29, 1.82) is 0 Å². The van der Waals surface area contributed by atoms with Crippen LogP contribution in [0.5, 0.6) is 5.75 Å². The summed E-state index contributed by atoms with van der Waals surface area (Å²) in [5.41, 5.74) is 1.88. The zero-order valence-electron chi connectivity index (χ0n) is 9.38. The number of methoxy groups -OCH3 is 1. The molecule has 0 spiro atoms. The summed E-state index contributed by atoms with van der Waals surface area (Å²) in [6.45, 7) is 1.94. The highest BCUT2D eigenvalue weighted by Gasteiger charge is 2.07. The molecule has 0 unspecified atom stereocenters. The van der Waals surface area contributed by atoms with Crippen molar-refractivity contribution in [2.75, 3.05) is 7.11 Å². The quantitative estimate of drug-likeness (QED) is 0.798. The number of imidazole rings is 1. The molecule has 0 N–H and O–H groups in total. The lowest BCUT2D eigenvalue weighted by molar-refractivity contribution is 0.411. The van der Waals surface area contributed by atoms with Crippen LogP contribution in [0.1, 0.15) is 5.69 Å². The van der Waals surface area contributed by atoms with Gasteiger partial charge >= 0.3 is 0 Å². The van der Waals surface area contributed by atoms with Crippen LogP contribution in [0.15, 0.2) is 35.6 Å². The molecule has 0 aliphatic rings. The summed E-state index contributed by atoms with van der Waals surface area (Å²) < 4.78 is 11.7. The van der Waals surface area contributed by atoms with Crippen LogP contribution < -0.4 is 4.74 Å². The Hall–Kier alpha value is -1.17. The van der Waals surface area contributed by atoms with Gasteiger partial charge in [0.25, 0.3) is 0 Å². The van der Waals surface area contributed by atoms with E-state index in [1.807, 2.05) is 35.9 Å². The van der Waals surface area contributed by atoms with Crippen LogP contribution in [-0.2, 0) is 3.74 Å². The molecular formula is C11H11ClN2O2S. The Labute approximate surface area is 109 Å². The van der Waals surface area contributed by atoms with Crippen LogP contribution in [0.25, 0.3) is 5.69 Å². The third-order valence-electron chi connectivity index (χ3n) is 2.27. The lowest BCUT2D eigenvalue weighted by Gasteiger charge is -2.09. The van der Waals surface area contributed by atoms with Gasteiger partial charge in [0, 0.05) is 11.1 Å². The molecule has 1 aromatic heterocycles. The van der Waals surface area contributed by atoms with Crippen LogP contribution in [0.4, 0.5) is 0 Å². The smallest absolute Gasteiger partial charge is 0.144 e. The number of hydrogen-bond donors (Lipinski definition) is 0. The molecule has 1 aromatic carbocycles. The molecular weight excluding hydrogens is 260 g/mol. The van der Waals surface area contributed by atoms with Gasteiger partial charge in [-0.25, -0.2) is 8.72 Å². The Kier molecular flexibility index (Phi) is 3.93. The molecule has 0 atom stereocenters. The second-order valence-corrected chi connectivity index (χ2v) is 4.54. The van der Waals surface area contributed by atoms with E-state index in [2.05, 4.69) is 8.72 Å². The van der Waals surface area contributed by atoms with E-state index in [-0.39, 0.29) is 0 Å². The van der Waals surface area contributed by atoms with E-state index in [1.54, 1.807) is 13.4 Å². The molecule has 0 amide bonds. The Bertz CT molecular complexity index is 516. The standard InChI is InChI=1S/C11H11ClN2O2S/c1-8-6-14(7-13-8)10-4-3-9(17-16-12)5-11(10)15-2/h3-7H,1-2H3. The monoisotopic (exact) mass is 270 g/mol. The van der Waals surface area contributed by atoms with Gasteiger partial charge in [-0.1, -0.05) is 0 Å². The number of aryl methyl sites for hydroxylation is 1. The summed E-state index contributed by atoms with van der Waals surface area (Å²) in [6.07, 6.45) is 3.68. The van der Waals surface area contributed by atoms with E-state index in [4.69, 9.17) is 16.6 Å². The van der Waals surface area contributed by atoms with E-state index in [9.17, 15) is 0 Å². The van der Waals surface area contributed by atoms with Crippen molar-refractivity contribution in [3.63, 3.8) is 0 Å². The van der Waals surface area contributed by atoms with Gasteiger partial charge in [-0.2, -0.15) is 0 Å². The van der Waals surface area contributed by atoms with E-state index in [0.717, 1.165) is 34.1 Å². The zero-order chi connectivity index (χ0) is 12.3. The van der Waals surface area contributed by atoms with Gasteiger partial charge in [-0.3, -0.25) is 0 Å². The lowest BCUT2D eigenvalue weighted by atomic mass is 10.3. The van der Waals surface area contributed by atoms with Crippen molar-refractivity contribution in [2.24, 2.45) is 0 Å². The molecule has 17 heavy (non-hydrogen) atoms. The summed E-state index contributed by atoms with van der Waals surface area (Å²) in [5.74, 6) is 0.737. The van der Waals surface area contributed by atoms with Crippen molar-refractivity contribution in [3.05, 3.63) is 36.4 Å². The van der Waals surface area contributed by atoms with Gasteiger partial charge in [0.05, 0.1) is 48.7 Å². The van der Waals surface area contributed by atoms with Crippen molar-refractivity contribution in [3.8, 4) is 11.4 Å². The molecule has 2 rings (SSSR count). The molecule has 0 radical (unpaired) electrons. The second-order valence-electron chi connectivity index (χ2n) is 3.40. The fourth-order valence-corrected chi connectivity index (χ4v) is 2.08. The number of halogens is 1. The van der Waals surface area contributed by atoms with Crippen LogP contribution in [0.3, 0.4) is 0 Å². The van der Waals surface area contributed by atoms with Crippen LogP contribution >= 0.6 is 23.9 Å².